The summed E-state index contributed by atoms with van der Waals surface area (Å²) in [7, 11) is 0. The second-order valence-corrected chi connectivity index (χ2v) is 4.39. The van der Waals surface area contributed by atoms with E-state index >= 15 is 0 Å². The van der Waals surface area contributed by atoms with Crippen molar-refractivity contribution < 1.29 is 0 Å². The highest BCUT2D eigenvalue weighted by Crippen LogP contribution is 2.17. The molecule has 0 aliphatic rings. The molecule has 0 radical (unpaired) electrons. The summed E-state index contributed by atoms with van der Waals surface area (Å²) in [5.74, 6) is 0.914. The van der Waals surface area contributed by atoms with Gasteiger partial charge in [0.1, 0.15) is 0 Å². The Morgan fingerprint density at radius 1 is 1.18 bits per heavy atom. The van der Waals surface area contributed by atoms with Crippen LogP contribution < -0.4 is 5.32 Å². The summed E-state index contributed by atoms with van der Waals surface area (Å²) in [6, 6.07) is 6.52. The van der Waals surface area contributed by atoms with Crippen molar-refractivity contribution in [2.75, 3.05) is 11.9 Å². The standard InChI is InChI=1S/C14H19N3/c1-4-5-15-14-16-6-7-17(14)13-9-11(2)8-12(3)10-13/h6-10H,4-5H2,1-3H3,(H,15,16). The number of nitrogens with one attached hydrogen (secondary N) is 1. The Bertz CT molecular complexity index is 480. The molecule has 0 saturated heterocycles. The smallest absolute Gasteiger partial charge is 0.207 e. The van der Waals surface area contributed by atoms with E-state index < -0.39 is 0 Å². The molecule has 0 spiro atoms. The van der Waals surface area contributed by atoms with E-state index in [-0.39, 0.29) is 0 Å². The Balaban J connectivity index is 2.35. The van der Waals surface area contributed by atoms with Gasteiger partial charge in [0.05, 0.1) is 0 Å². The van der Waals surface area contributed by atoms with Gasteiger partial charge < -0.3 is 5.32 Å². The number of rotatable bonds is 4. The van der Waals surface area contributed by atoms with Crippen LogP contribution in [0.15, 0.2) is 30.6 Å². The third-order valence-electron chi connectivity index (χ3n) is 2.66. The van der Waals surface area contributed by atoms with E-state index in [0.29, 0.717) is 0 Å². The number of anilines is 1. The molecule has 3 heteroatoms. The van der Waals surface area contributed by atoms with Crippen molar-refractivity contribution in [1.29, 1.82) is 0 Å². The average molecular weight is 229 g/mol. The van der Waals surface area contributed by atoms with Gasteiger partial charge in [-0.1, -0.05) is 13.0 Å². The number of hydrogen-bond acceptors (Lipinski definition) is 2. The molecule has 0 bridgehead atoms. The zero-order chi connectivity index (χ0) is 12.3. The molecule has 1 aromatic carbocycles. The van der Waals surface area contributed by atoms with Gasteiger partial charge >= 0.3 is 0 Å². The summed E-state index contributed by atoms with van der Waals surface area (Å²) in [5, 5.41) is 3.33. The minimum Gasteiger partial charge on any atom is -0.355 e. The summed E-state index contributed by atoms with van der Waals surface area (Å²) in [6.45, 7) is 7.33. The van der Waals surface area contributed by atoms with Crippen LogP contribution in [0.4, 0.5) is 5.95 Å². The molecule has 3 nitrogen and oxygen atoms in total. The predicted molar refractivity (Wildman–Crippen MR) is 71.8 cm³/mol. The molecule has 0 atom stereocenters. The lowest BCUT2D eigenvalue weighted by molar-refractivity contribution is 0.936. The second-order valence-electron chi connectivity index (χ2n) is 4.39. The number of imidazole rings is 1. The maximum absolute atomic E-state index is 4.34. The Morgan fingerprint density at radius 3 is 2.53 bits per heavy atom. The van der Waals surface area contributed by atoms with E-state index in [9.17, 15) is 0 Å². The Hall–Kier alpha value is -1.77. The third-order valence-corrected chi connectivity index (χ3v) is 2.66. The minimum atomic E-state index is 0.914. The fourth-order valence-electron chi connectivity index (χ4n) is 1.97. The fraction of sp³-hybridized carbons (Fsp3) is 0.357. The monoisotopic (exact) mass is 229 g/mol. The van der Waals surface area contributed by atoms with Crippen molar-refractivity contribution in [1.82, 2.24) is 9.55 Å². The summed E-state index contributed by atoms with van der Waals surface area (Å²) < 4.78 is 2.09. The van der Waals surface area contributed by atoms with E-state index in [1.54, 1.807) is 0 Å². The highest BCUT2D eigenvalue weighted by Gasteiger charge is 2.04. The van der Waals surface area contributed by atoms with Crippen LogP contribution in [0.5, 0.6) is 0 Å². The van der Waals surface area contributed by atoms with Crippen molar-refractivity contribution in [2.45, 2.75) is 27.2 Å². The van der Waals surface area contributed by atoms with Gasteiger partial charge in [0.15, 0.2) is 0 Å². The van der Waals surface area contributed by atoms with Crippen LogP contribution in [0.25, 0.3) is 5.69 Å². The van der Waals surface area contributed by atoms with Gasteiger partial charge in [0.25, 0.3) is 0 Å². The van der Waals surface area contributed by atoms with Gasteiger partial charge in [0.2, 0.25) is 5.95 Å². The third kappa shape index (κ3) is 2.67. The molecule has 0 saturated carbocycles. The van der Waals surface area contributed by atoms with Crippen LogP contribution in [0.1, 0.15) is 24.5 Å². The van der Waals surface area contributed by atoms with E-state index in [1.165, 1.54) is 16.8 Å². The maximum atomic E-state index is 4.34. The van der Waals surface area contributed by atoms with Crippen LogP contribution in [0.3, 0.4) is 0 Å². The molecular formula is C14H19N3. The second kappa shape index (κ2) is 5.04. The topological polar surface area (TPSA) is 29.9 Å². The number of benzene rings is 1. The minimum absolute atomic E-state index is 0.914. The first-order chi connectivity index (χ1) is 8.20. The molecule has 1 aromatic heterocycles. The Labute approximate surface area is 103 Å². The SMILES string of the molecule is CCCNc1nccn1-c1cc(C)cc(C)c1. The van der Waals surface area contributed by atoms with E-state index in [2.05, 4.69) is 53.8 Å². The van der Waals surface area contributed by atoms with Crippen molar-refractivity contribution in [2.24, 2.45) is 0 Å². The summed E-state index contributed by atoms with van der Waals surface area (Å²) in [6.07, 6.45) is 4.92. The van der Waals surface area contributed by atoms with Crippen molar-refractivity contribution in [3.8, 4) is 5.69 Å². The van der Waals surface area contributed by atoms with E-state index in [4.69, 9.17) is 0 Å². The van der Waals surface area contributed by atoms with Crippen LogP contribution in [-0.4, -0.2) is 16.1 Å². The van der Waals surface area contributed by atoms with Gasteiger partial charge in [-0.3, -0.25) is 4.57 Å². The van der Waals surface area contributed by atoms with Crippen LogP contribution in [0, 0.1) is 13.8 Å². The lowest BCUT2D eigenvalue weighted by atomic mass is 10.1. The van der Waals surface area contributed by atoms with E-state index in [0.717, 1.165) is 18.9 Å². The summed E-state index contributed by atoms with van der Waals surface area (Å²) in [4.78, 5) is 4.34. The Morgan fingerprint density at radius 2 is 1.88 bits per heavy atom. The van der Waals surface area contributed by atoms with E-state index in [1.807, 2.05) is 12.4 Å². The first-order valence-electron chi connectivity index (χ1n) is 6.06. The number of nitrogens with zero attached hydrogens (tertiary/aromatic N) is 2. The largest absolute Gasteiger partial charge is 0.355 e. The fourth-order valence-corrected chi connectivity index (χ4v) is 1.97. The molecule has 90 valence electrons. The molecule has 1 N–H and O–H groups in total. The predicted octanol–water partition coefficient (Wildman–Crippen LogP) is 3.31. The number of aromatic nitrogens is 2. The molecule has 2 rings (SSSR count). The molecule has 0 aliphatic carbocycles. The molecule has 0 unspecified atom stereocenters. The lowest BCUT2D eigenvalue weighted by Gasteiger charge is -2.10. The molecule has 0 amide bonds. The molecule has 2 aromatic rings. The zero-order valence-electron chi connectivity index (χ0n) is 10.7. The highest BCUT2D eigenvalue weighted by atomic mass is 15.2. The zero-order valence-corrected chi connectivity index (χ0v) is 10.7. The normalized spacial score (nSPS) is 10.5. The van der Waals surface area contributed by atoms with Crippen molar-refractivity contribution >= 4 is 5.95 Å². The van der Waals surface area contributed by atoms with Crippen LogP contribution in [-0.2, 0) is 0 Å². The lowest BCUT2D eigenvalue weighted by Crippen LogP contribution is -2.06. The van der Waals surface area contributed by atoms with Gasteiger partial charge in [0, 0.05) is 24.6 Å². The highest BCUT2D eigenvalue weighted by molar-refractivity contribution is 5.45. The van der Waals surface area contributed by atoms with Gasteiger partial charge in [-0.05, 0) is 43.5 Å². The quantitative estimate of drug-likeness (QED) is 0.871. The molecular weight excluding hydrogens is 210 g/mol. The average Bonchev–Trinajstić information content (AvgIpc) is 2.73. The van der Waals surface area contributed by atoms with Gasteiger partial charge in [-0.2, -0.15) is 0 Å². The first-order valence-corrected chi connectivity index (χ1v) is 6.06. The summed E-state index contributed by atoms with van der Waals surface area (Å²) in [5.41, 5.74) is 3.71. The molecule has 0 fully saturated rings. The number of aryl methyl sites for hydroxylation is 2. The van der Waals surface area contributed by atoms with Gasteiger partial charge in [-0.25, -0.2) is 4.98 Å². The molecule has 1 heterocycles. The first kappa shape index (κ1) is 11.7. The van der Waals surface area contributed by atoms with Crippen molar-refractivity contribution in [3.63, 3.8) is 0 Å². The van der Waals surface area contributed by atoms with Gasteiger partial charge in [-0.15, -0.1) is 0 Å². The number of hydrogen-bond donors (Lipinski definition) is 1. The maximum Gasteiger partial charge on any atom is 0.207 e. The summed E-state index contributed by atoms with van der Waals surface area (Å²) >= 11 is 0. The Kier molecular flexibility index (Phi) is 3.47. The molecule has 0 aliphatic heterocycles. The van der Waals surface area contributed by atoms with Crippen molar-refractivity contribution in [3.05, 3.63) is 41.7 Å². The molecule has 17 heavy (non-hydrogen) atoms. The van der Waals surface area contributed by atoms with Crippen LogP contribution in [0.2, 0.25) is 0 Å². The van der Waals surface area contributed by atoms with Crippen LogP contribution >= 0.6 is 0 Å².